The first-order chi connectivity index (χ1) is 10.3. The predicted molar refractivity (Wildman–Crippen MR) is 90.7 cm³/mol. The van der Waals surface area contributed by atoms with Crippen molar-refractivity contribution in [1.82, 2.24) is 5.32 Å². The van der Waals surface area contributed by atoms with E-state index in [0.717, 1.165) is 13.2 Å². The van der Waals surface area contributed by atoms with Crippen LogP contribution in [-0.4, -0.2) is 24.8 Å². The van der Waals surface area contributed by atoms with Crippen molar-refractivity contribution in [3.05, 3.63) is 11.6 Å². The third kappa shape index (κ3) is 4.56. The molecule has 122 valence electrons. The lowest BCUT2D eigenvalue weighted by Gasteiger charge is -2.43. The van der Waals surface area contributed by atoms with Crippen molar-refractivity contribution in [2.75, 3.05) is 13.2 Å². The van der Waals surface area contributed by atoms with Gasteiger partial charge in [0, 0.05) is 6.61 Å². The molecule has 2 rings (SSSR count). The van der Waals surface area contributed by atoms with Gasteiger partial charge in [-0.2, -0.15) is 0 Å². The van der Waals surface area contributed by atoms with Crippen molar-refractivity contribution in [2.24, 2.45) is 0 Å². The zero-order chi connectivity index (χ0) is 15.0. The predicted octanol–water partition coefficient (Wildman–Crippen LogP) is 4.98. The minimum absolute atomic E-state index is 0.0591. The summed E-state index contributed by atoms with van der Waals surface area (Å²) in [5, 5.41) is 3.87. The Bertz CT molecular complexity index is 316. The fourth-order valence-corrected chi connectivity index (χ4v) is 4.20. The van der Waals surface area contributed by atoms with Crippen LogP contribution in [0.2, 0.25) is 0 Å². The maximum absolute atomic E-state index is 6.46. The lowest BCUT2D eigenvalue weighted by molar-refractivity contribution is -0.0693. The van der Waals surface area contributed by atoms with Crippen LogP contribution in [-0.2, 0) is 4.74 Å². The maximum atomic E-state index is 6.46. The largest absolute Gasteiger partial charge is 0.373 e. The van der Waals surface area contributed by atoms with E-state index in [9.17, 15) is 0 Å². The molecule has 2 heteroatoms. The zero-order valence-corrected chi connectivity index (χ0v) is 14.3. The molecule has 0 radical (unpaired) electrons. The van der Waals surface area contributed by atoms with Crippen molar-refractivity contribution >= 4 is 0 Å². The van der Waals surface area contributed by atoms with Gasteiger partial charge < -0.3 is 10.1 Å². The summed E-state index contributed by atoms with van der Waals surface area (Å²) < 4.78 is 6.46. The molecule has 2 aliphatic rings. The van der Waals surface area contributed by atoms with E-state index in [4.69, 9.17) is 4.74 Å². The van der Waals surface area contributed by atoms with Crippen LogP contribution in [0.4, 0.5) is 0 Å². The molecular formula is C19H35NO. The van der Waals surface area contributed by atoms with Gasteiger partial charge in [-0.05, 0) is 58.4 Å². The molecule has 0 aromatic carbocycles. The lowest BCUT2D eigenvalue weighted by atomic mass is 9.78. The van der Waals surface area contributed by atoms with Gasteiger partial charge in [0.2, 0.25) is 0 Å². The summed E-state index contributed by atoms with van der Waals surface area (Å²) >= 11 is 0. The summed E-state index contributed by atoms with van der Waals surface area (Å²) in [5.41, 5.74) is 1.70. The van der Waals surface area contributed by atoms with Crippen LogP contribution in [0.5, 0.6) is 0 Å². The first kappa shape index (κ1) is 17.0. The molecular weight excluding hydrogens is 258 g/mol. The van der Waals surface area contributed by atoms with Gasteiger partial charge in [-0.1, -0.05) is 44.3 Å². The van der Waals surface area contributed by atoms with E-state index in [0.29, 0.717) is 6.04 Å². The molecule has 0 spiro atoms. The van der Waals surface area contributed by atoms with E-state index >= 15 is 0 Å². The van der Waals surface area contributed by atoms with Gasteiger partial charge in [-0.25, -0.2) is 0 Å². The first-order valence-corrected chi connectivity index (χ1v) is 9.38. The van der Waals surface area contributed by atoms with Gasteiger partial charge in [0.05, 0.1) is 11.6 Å². The van der Waals surface area contributed by atoms with Crippen molar-refractivity contribution < 1.29 is 4.74 Å². The van der Waals surface area contributed by atoms with Crippen molar-refractivity contribution in [3.63, 3.8) is 0 Å². The third-order valence-corrected chi connectivity index (χ3v) is 5.20. The molecule has 0 heterocycles. The van der Waals surface area contributed by atoms with Crippen molar-refractivity contribution in [3.8, 4) is 0 Å². The van der Waals surface area contributed by atoms with Gasteiger partial charge in [0.25, 0.3) is 0 Å². The molecule has 0 aromatic rings. The Hall–Kier alpha value is -0.340. The van der Waals surface area contributed by atoms with E-state index in [2.05, 4.69) is 25.2 Å². The SMILES string of the molecule is CCCNC(C1=CCCCC1)C1(OCC)CCCCCC1. The van der Waals surface area contributed by atoms with Crippen molar-refractivity contribution in [2.45, 2.75) is 96.1 Å². The number of nitrogens with one attached hydrogen (secondary N) is 1. The fourth-order valence-electron chi connectivity index (χ4n) is 4.20. The smallest absolute Gasteiger partial charge is 0.0872 e. The number of hydrogen-bond donors (Lipinski definition) is 1. The second kappa shape index (κ2) is 8.95. The van der Waals surface area contributed by atoms with E-state index in [1.165, 1.54) is 70.6 Å². The molecule has 2 aliphatic carbocycles. The Balaban J connectivity index is 2.21. The molecule has 1 fully saturated rings. The Morgan fingerprint density at radius 2 is 1.86 bits per heavy atom. The molecule has 1 atom stereocenters. The number of ether oxygens (including phenoxy) is 1. The molecule has 0 bridgehead atoms. The van der Waals surface area contributed by atoms with E-state index in [1.54, 1.807) is 5.57 Å². The minimum Gasteiger partial charge on any atom is -0.373 e. The molecule has 1 saturated carbocycles. The summed E-state index contributed by atoms with van der Waals surface area (Å²) in [6.07, 6.45) is 16.9. The second-order valence-corrected chi connectivity index (χ2v) is 6.82. The molecule has 2 nitrogen and oxygen atoms in total. The summed E-state index contributed by atoms with van der Waals surface area (Å²) in [5.74, 6) is 0. The van der Waals surface area contributed by atoms with E-state index in [-0.39, 0.29) is 5.60 Å². The average Bonchev–Trinajstić information content (AvgIpc) is 2.76. The van der Waals surface area contributed by atoms with Crippen LogP contribution in [0.25, 0.3) is 0 Å². The first-order valence-electron chi connectivity index (χ1n) is 9.38. The highest BCUT2D eigenvalue weighted by atomic mass is 16.5. The van der Waals surface area contributed by atoms with Crippen LogP contribution in [0.1, 0.15) is 84.5 Å². The highest BCUT2D eigenvalue weighted by Crippen LogP contribution is 2.38. The normalized spacial score (nSPS) is 24.2. The number of allylic oxidation sites excluding steroid dienone is 1. The Labute approximate surface area is 131 Å². The van der Waals surface area contributed by atoms with Crippen LogP contribution in [0.3, 0.4) is 0 Å². The Morgan fingerprint density at radius 3 is 2.43 bits per heavy atom. The Morgan fingerprint density at radius 1 is 1.10 bits per heavy atom. The molecule has 0 amide bonds. The summed E-state index contributed by atoms with van der Waals surface area (Å²) in [6.45, 7) is 6.38. The lowest BCUT2D eigenvalue weighted by Crippen LogP contribution is -2.54. The Kier molecular flexibility index (Phi) is 7.25. The van der Waals surface area contributed by atoms with Gasteiger partial charge in [-0.15, -0.1) is 0 Å². The summed E-state index contributed by atoms with van der Waals surface area (Å²) in [4.78, 5) is 0. The van der Waals surface area contributed by atoms with Crippen LogP contribution >= 0.6 is 0 Å². The molecule has 0 saturated heterocycles. The molecule has 1 unspecified atom stereocenters. The van der Waals surface area contributed by atoms with Gasteiger partial charge in [0.1, 0.15) is 0 Å². The fraction of sp³-hybridized carbons (Fsp3) is 0.895. The quantitative estimate of drug-likeness (QED) is 0.528. The highest BCUT2D eigenvalue weighted by Gasteiger charge is 2.41. The third-order valence-electron chi connectivity index (χ3n) is 5.20. The molecule has 1 N–H and O–H groups in total. The molecule has 21 heavy (non-hydrogen) atoms. The second-order valence-electron chi connectivity index (χ2n) is 6.82. The van der Waals surface area contributed by atoms with Crippen molar-refractivity contribution in [1.29, 1.82) is 0 Å². The summed E-state index contributed by atoms with van der Waals surface area (Å²) in [6, 6.07) is 0.454. The molecule has 0 aromatic heterocycles. The van der Waals surface area contributed by atoms with E-state index < -0.39 is 0 Å². The van der Waals surface area contributed by atoms with Gasteiger partial charge in [0.15, 0.2) is 0 Å². The maximum Gasteiger partial charge on any atom is 0.0872 e. The van der Waals surface area contributed by atoms with Gasteiger partial charge >= 0.3 is 0 Å². The number of rotatable bonds is 7. The monoisotopic (exact) mass is 293 g/mol. The van der Waals surface area contributed by atoms with Crippen LogP contribution in [0.15, 0.2) is 11.6 Å². The summed E-state index contributed by atoms with van der Waals surface area (Å²) in [7, 11) is 0. The van der Waals surface area contributed by atoms with E-state index in [1.807, 2.05) is 0 Å². The minimum atomic E-state index is 0.0591. The van der Waals surface area contributed by atoms with Crippen LogP contribution < -0.4 is 5.32 Å². The average molecular weight is 293 g/mol. The highest BCUT2D eigenvalue weighted by molar-refractivity contribution is 5.20. The zero-order valence-electron chi connectivity index (χ0n) is 14.3. The number of hydrogen-bond acceptors (Lipinski definition) is 2. The molecule has 0 aliphatic heterocycles. The van der Waals surface area contributed by atoms with Gasteiger partial charge in [-0.3, -0.25) is 0 Å². The standard InChI is InChI=1S/C19H35NO/c1-3-16-20-18(17-12-8-7-9-13-17)19(21-4-2)14-10-5-6-11-15-19/h12,18,20H,3-11,13-16H2,1-2H3. The van der Waals surface area contributed by atoms with Crippen LogP contribution in [0, 0.1) is 0 Å². The topological polar surface area (TPSA) is 21.3 Å².